The lowest BCUT2D eigenvalue weighted by Gasteiger charge is -2.22. The molecule has 3 rings (SSSR count). The number of nitrogens with zero attached hydrogens (tertiary/aromatic N) is 1. The minimum atomic E-state index is -0.201. The van der Waals surface area contributed by atoms with E-state index in [2.05, 4.69) is 11.4 Å². The summed E-state index contributed by atoms with van der Waals surface area (Å²) < 4.78 is 5.67. The van der Waals surface area contributed by atoms with Gasteiger partial charge in [-0.1, -0.05) is 12.1 Å². The van der Waals surface area contributed by atoms with Crippen LogP contribution in [0.4, 0.5) is 4.79 Å². The van der Waals surface area contributed by atoms with Gasteiger partial charge >= 0.3 is 6.09 Å². The molecule has 1 saturated heterocycles. The number of benzene rings is 1. The molecule has 4 nitrogen and oxygen atoms in total. The molecule has 0 unspecified atom stereocenters. The summed E-state index contributed by atoms with van der Waals surface area (Å²) in [4.78, 5) is 14.1. The normalized spacial score (nSPS) is 19.1. The van der Waals surface area contributed by atoms with Crippen LogP contribution in [0.25, 0.3) is 0 Å². The van der Waals surface area contributed by atoms with E-state index in [9.17, 15) is 4.79 Å². The summed E-state index contributed by atoms with van der Waals surface area (Å²) in [5, 5.41) is 3.30. The number of hydrogen-bond acceptors (Lipinski definition) is 3. The fraction of sp³-hybridized carbons (Fsp3) is 0.562. The summed E-state index contributed by atoms with van der Waals surface area (Å²) in [6.07, 6.45) is 5.35. The molecular formula is C16H22N2O2. The van der Waals surface area contributed by atoms with Crippen molar-refractivity contribution in [3.05, 3.63) is 29.3 Å². The smallest absolute Gasteiger partial charge is 0.410 e. The maximum absolute atomic E-state index is 12.3. The fourth-order valence-electron chi connectivity index (χ4n) is 3.03. The molecule has 1 N–H and O–H groups in total. The van der Waals surface area contributed by atoms with E-state index >= 15 is 0 Å². The Hall–Kier alpha value is -1.55. The highest BCUT2D eigenvalue weighted by Gasteiger charge is 2.20. The van der Waals surface area contributed by atoms with Crippen LogP contribution in [0.3, 0.4) is 0 Å². The standard InChI is InChI=1S/C16H22N2O2/c19-16(18-11-4-9-17-10-12-18)20-15-8-3-6-13-5-1-2-7-14(13)15/h3,6,8,17H,1-2,4-5,7,9-12H2. The third-order valence-electron chi connectivity index (χ3n) is 4.15. The first-order valence-electron chi connectivity index (χ1n) is 7.63. The molecule has 1 aromatic carbocycles. The van der Waals surface area contributed by atoms with Crippen molar-refractivity contribution in [2.24, 2.45) is 0 Å². The molecule has 0 bridgehead atoms. The number of aryl methyl sites for hydroxylation is 1. The monoisotopic (exact) mass is 274 g/mol. The number of carbonyl (C=O) groups is 1. The van der Waals surface area contributed by atoms with E-state index in [1.165, 1.54) is 24.0 Å². The van der Waals surface area contributed by atoms with Crippen molar-refractivity contribution < 1.29 is 9.53 Å². The number of hydrogen-bond donors (Lipinski definition) is 1. The van der Waals surface area contributed by atoms with Crippen LogP contribution in [-0.4, -0.2) is 37.2 Å². The van der Waals surface area contributed by atoms with Crippen molar-refractivity contribution in [3.8, 4) is 5.75 Å². The maximum Gasteiger partial charge on any atom is 0.415 e. The van der Waals surface area contributed by atoms with Gasteiger partial charge in [0.1, 0.15) is 5.75 Å². The molecule has 0 radical (unpaired) electrons. The lowest BCUT2D eigenvalue weighted by atomic mass is 9.91. The zero-order chi connectivity index (χ0) is 13.8. The SMILES string of the molecule is O=C(Oc1cccc2c1CCCC2)N1CCCNCC1. The number of fused-ring (bicyclic) bond motifs is 1. The van der Waals surface area contributed by atoms with E-state index in [-0.39, 0.29) is 6.09 Å². The number of nitrogens with one attached hydrogen (secondary N) is 1. The fourth-order valence-corrected chi connectivity index (χ4v) is 3.03. The van der Waals surface area contributed by atoms with E-state index in [1.807, 2.05) is 17.0 Å². The lowest BCUT2D eigenvalue weighted by molar-refractivity contribution is 0.155. The summed E-state index contributed by atoms with van der Waals surface area (Å²) in [5.41, 5.74) is 2.58. The van der Waals surface area contributed by atoms with Crippen LogP contribution in [0.5, 0.6) is 5.75 Å². The minimum absolute atomic E-state index is 0.201. The first kappa shape index (κ1) is 13.4. The Morgan fingerprint density at radius 3 is 2.95 bits per heavy atom. The van der Waals surface area contributed by atoms with Gasteiger partial charge in [0.25, 0.3) is 0 Å². The van der Waals surface area contributed by atoms with Crippen molar-refractivity contribution in [2.45, 2.75) is 32.1 Å². The van der Waals surface area contributed by atoms with Crippen LogP contribution in [0, 0.1) is 0 Å². The first-order chi connectivity index (χ1) is 9.84. The Morgan fingerprint density at radius 1 is 1.10 bits per heavy atom. The summed E-state index contributed by atoms with van der Waals surface area (Å²) >= 11 is 0. The Kier molecular flexibility index (Phi) is 4.21. The van der Waals surface area contributed by atoms with Gasteiger partial charge in [0.15, 0.2) is 0 Å². The minimum Gasteiger partial charge on any atom is -0.410 e. The highest BCUT2D eigenvalue weighted by molar-refractivity contribution is 5.71. The molecule has 1 aliphatic carbocycles. The predicted octanol–water partition coefficient (Wildman–Crippen LogP) is 2.36. The Balaban J connectivity index is 1.72. The average molecular weight is 274 g/mol. The van der Waals surface area contributed by atoms with Gasteiger partial charge in [-0.2, -0.15) is 0 Å². The van der Waals surface area contributed by atoms with Crippen molar-refractivity contribution in [1.82, 2.24) is 10.2 Å². The van der Waals surface area contributed by atoms with Crippen LogP contribution in [-0.2, 0) is 12.8 Å². The molecular weight excluding hydrogens is 252 g/mol. The van der Waals surface area contributed by atoms with Gasteiger partial charge in [-0.05, 0) is 55.8 Å². The zero-order valence-electron chi connectivity index (χ0n) is 11.9. The second kappa shape index (κ2) is 6.27. The second-order valence-corrected chi connectivity index (χ2v) is 5.56. The van der Waals surface area contributed by atoms with E-state index in [1.54, 1.807) is 0 Å². The molecule has 20 heavy (non-hydrogen) atoms. The molecule has 0 atom stereocenters. The van der Waals surface area contributed by atoms with Gasteiger partial charge in [0.2, 0.25) is 0 Å². The van der Waals surface area contributed by atoms with Crippen LogP contribution in [0.15, 0.2) is 18.2 Å². The van der Waals surface area contributed by atoms with Crippen molar-refractivity contribution in [3.63, 3.8) is 0 Å². The van der Waals surface area contributed by atoms with E-state index < -0.39 is 0 Å². The van der Waals surface area contributed by atoms with Crippen molar-refractivity contribution >= 4 is 6.09 Å². The topological polar surface area (TPSA) is 41.6 Å². The third kappa shape index (κ3) is 2.96. The quantitative estimate of drug-likeness (QED) is 0.854. The molecule has 1 aromatic rings. The lowest BCUT2D eigenvalue weighted by Crippen LogP contribution is -2.36. The van der Waals surface area contributed by atoms with Gasteiger partial charge in [-0.15, -0.1) is 0 Å². The molecule has 4 heteroatoms. The van der Waals surface area contributed by atoms with Gasteiger partial charge < -0.3 is 15.0 Å². The molecule has 0 saturated carbocycles. The number of amides is 1. The average Bonchev–Trinajstić information content (AvgIpc) is 2.77. The van der Waals surface area contributed by atoms with E-state index in [4.69, 9.17) is 4.74 Å². The Bertz CT molecular complexity index is 479. The number of carbonyl (C=O) groups excluding carboxylic acids is 1. The molecule has 2 aliphatic rings. The van der Waals surface area contributed by atoms with Gasteiger partial charge in [-0.3, -0.25) is 0 Å². The highest BCUT2D eigenvalue weighted by Crippen LogP contribution is 2.29. The molecule has 1 heterocycles. The largest absolute Gasteiger partial charge is 0.415 e. The Labute approximate surface area is 120 Å². The summed E-state index contributed by atoms with van der Waals surface area (Å²) in [5.74, 6) is 0.768. The maximum atomic E-state index is 12.3. The van der Waals surface area contributed by atoms with Crippen molar-refractivity contribution in [1.29, 1.82) is 0 Å². The molecule has 0 spiro atoms. The highest BCUT2D eigenvalue weighted by atomic mass is 16.6. The van der Waals surface area contributed by atoms with Gasteiger partial charge in [-0.25, -0.2) is 4.79 Å². The zero-order valence-corrected chi connectivity index (χ0v) is 11.9. The van der Waals surface area contributed by atoms with Crippen LogP contribution >= 0.6 is 0 Å². The van der Waals surface area contributed by atoms with Crippen LogP contribution < -0.4 is 10.1 Å². The van der Waals surface area contributed by atoms with E-state index in [0.29, 0.717) is 0 Å². The summed E-state index contributed by atoms with van der Waals surface area (Å²) in [7, 11) is 0. The summed E-state index contributed by atoms with van der Waals surface area (Å²) in [6.45, 7) is 3.33. The molecule has 1 aliphatic heterocycles. The third-order valence-corrected chi connectivity index (χ3v) is 4.15. The van der Waals surface area contributed by atoms with Crippen LogP contribution in [0.1, 0.15) is 30.4 Å². The first-order valence-corrected chi connectivity index (χ1v) is 7.63. The molecule has 1 amide bonds. The van der Waals surface area contributed by atoms with Crippen LogP contribution in [0.2, 0.25) is 0 Å². The Morgan fingerprint density at radius 2 is 2.00 bits per heavy atom. The second-order valence-electron chi connectivity index (χ2n) is 5.56. The number of rotatable bonds is 1. The predicted molar refractivity (Wildman–Crippen MR) is 78.2 cm³/mol. The van der Waals surface area contributed by atoms with Gasteiger partial charge in [0.05, 0.1) is 0 Å². The molecule has 108 valence electrons. The van der Waals surface area contributed by atoms with Gasteiger partial charge in [0, 0.05) is 19.6 Å². The molecule has 1 fully saturated rings. The summed E-state index contributed by atoms with van der Waals surface area (Å²) in [6, 6.07) is 6.08. The van der Waals surface area contributed by atoms with Crippen molar-refractivity contribution in [2.75, 3.05) is 26.2 Å². The number of ether oxygens (including phenoxy) is 1. The van der Waals surface area contributed by atoms with E-state index in [0.717, 1.165) is 51.2 Å². The molecule has 0 aromatic heterocycles.